The molecule has 74 valence electrons. The maximum Gasteiger partial charge on any atom is 0.0331 e. The first-order chi connectivity index (χ1) is 5.93. The molecular formula is C12H21N. The molecule has 0 aliphatic carbocycles. The minimum absolute atomic E-state index is 0.240. The molecule has 1 N–H and O–H groups in total. The second kappa shape index (κ2) is 3.57. The Morgan fingerprint density at radius 3 is 2.31 bits per heavy atom. The summed E-state index contributed by atoms with van der Waals surface area (Å²) in [6, 6.07) is 0. The fourth-order valence-corrected chi connectivity index (χ4v) is 1.71. The Morgan fingerprint density at radius 2 is 1.92 bits per heavy atom. The van der Waals surface area contributed by atoms with Crippen molar-refractivity contribution in [2.24, 2.45) is 11.3 Å². The summed E-state index contributed by atoms with van der Waals surface area (Å²) < 4.78 is 0. The third-order valence-corrected chi connectivity index (χ3v) is 2.35. The predicted molar refractivity (Wildman–Crippen MR) is 58.5 cm³/mol. The van der Waals surface area contributed by atoms with Crippen molar-refractivity contribution in [3.05, 3.63) is 23.4 Å². The van der Waals surface area contributed by atoms with Gasteiger partial charge >= 0.3 is 0 Å². The lowest BCUT2D eigenvalue weighted by atomic mass is 9.84. The van der Waals surface area contributed by atoms with Gasteiger partial charge in [-0.05, 0) is 11.5 Å². The summed E-state index contributed by atoms with van der Waals surface area (Å²) in [7, 11) is 0. The highest BCUT2D eigenvalue weighted by Crippen LogP contribution is 2.30. The molecule has 0 saturated carbocycles. The van der Waals surface area contributed by atoms with Crippen molar-refractivity contribution in [1.82, 2.24) is 5.32 Å². The summed E-state index contributed by atoms with van der Waals surface area (Å²) in [6.45, 7) is 12.3. The molecule has 1 heterocycles. The van der Waals surface area contributed by atoms with Crippen LogP contribution in [0.4, 0.5) is 0 Å². The molecule has 1 aliphatic heterocycles. The maximum atomic E-state index is 3.48. The molecule has 0 bridgehead atoms. The Morgan fingerprint density at radius 1 is 1.31 bits per heavy atom. The van der Waals surface area contributed by atoms with Gasteiger partial charge in [0.2, 0.25) is 0 Å². The summed E-state index contributed by atoms with van der Waals surface area (Å²) >= 11 is 0. The second-order valence-corrected chi connectivity index (χ2v) is 5.02. The molecule has 0 spiro atoms. The zero-order valence-electron chi connectivity index (χ0n) is 9.44. The molecule has 0 radical (unpaired) electrons. The SMILES string of the molecule is CC(C)C1=C(C(C)(C)C)NCC=C1. The highest BCUT2D eigenvalue weighted by atomic mass is 14.9. The van der Waals surface area contributed by atoms with Gasteiger partial charge in [-0.15, -0.1) is 0 Å². The lowest BCUT2D eigenvalue weighted by Gasteiger charge is -2.30. The largest absolute Gasteiger partial charge is 0.384 e. The quantitative estimate of drug-likeness (QED) is 0.652. The number of hydrogen-bond acceptors (Lipinski definition) is 1. The number of hydrogen-bond donors (Lipinski definition) is 1. The minimum atomic E-state index is 0.240. The Kier molecular flexibility index (Phi) is 2.84. The van der Waals surface area contributed by atoms with E-state index in [1.54, 1.807) is 0 Å². The van der Waals surface area contributed by atoms with E-state index in [-0.39, 0.29) is 5.41 Å². The standard InChI is InChI=1S/C12H21N/c1-9(2)10-7-6-8-13-11(10)12(3,4)5/h6-7,9,13H,8H2,1-5H3. The third-order valence-electron chi connectivity index (χ3n) is 2.35. The van der Waals surface area contributed by atoms with Crippen LogP contribution in [-0.4, -0.2) is 6.54 Å². The van der Waals surface area contributed by atoms with Crippen LogP contribution in [0.25, 0.3) is 0 Å². The first-order valence-corrected chi connectivity index (χ1v) is 5.08. The number of allylic oxidation sites excluding steroid dienone is 3. The van der Waals surface area contributed by atoms with Crippen LogP contribution in [0.2, 0.25) is 0 Å². The molecule has 13 heavy (non-hydrogen) atoms. The van der Waals surface area contributed by atoms with Crippen LogP contribution in [0.5, 0.6) is 0 Å². The Labute approximate surface area is 81.9 Å². The molecule has 1 heteroatoms. The van der Waals surface area contributed by atoms with E-state index in [1.165, 1.54) is 11.3 Å². The lowest BCUT2D eigenvalue weighted by Crippen LogP contribution is -2.29. The average Bonchev–Trinajstić information content (AvgIpc) is 2.03. The number of dihydropyridines is 1. The zero-order chi connectivity index (χ0) is 10.1. The van der Waals surface area contributed by atoms with Crippen molar-refractivity contribution in [1.29, 1.82) is 0 Å². The van der Waals surface area contributed by atoms with Crippen molar-refractivity contribution in [3.63, 3.8) is 0 Å². The van der Waals surface area contributed by atoms with Gasteiger partial charge in [0, 0.05) is 17.7 Å². The van der Waals surface area contributed by atoms with E-state index in [2.05, 4.69) is 52.1 Å². The van der Waals surface area contributed by atoms with E-state index in [0.717, 1.165) is 6.54 Å². The molecule has 0 aromatic carbocycles. The summed E-state index contributed by atoms with van der Waals surface area (Å²) in [6.07, 6.45) is 4.46. The number of nitrogens with one attached hydrogen (secondary N) is 1. The van der Waals surface area contributed by atoms with E-state index >= 15 is 0 Å². The van der Waals surface area contributed by atoms with Crippen molar-refractivity contribution >= 4 is 0 Å². The van der Waals surface area contributed by atoms with E-state index in [9.17, 15) is 0 Å². The van der Waals surface area contributed by atoms with Gasteiger partial charge in [-0.3, -0.25) is 0 Å². The van der Waals surface area contributed by atoms with E-state index < -0.39 is 0 Å². The Bertz CT molecular complexity index is 238. The van der Waals surface area contributed by atoms with Gasteiger partial charge in [0.05, 0.1) is 0 Å². The van der Waals surface area contributed by atoms with Gasteiger partial charge in [-0.2, -0.15) is 0 Å². The highest BCUT2D eigenvalue weighted by molar-refractivity contribution is 5.33. The highest BCUT2D eigenvalue weighted by Gasteiger charge is 2.22. The molecule has 0 atom stereocenters. The fraction of sp³-hybridized carbons (Fsp3) is 0.667. The molecule has 0 aromatic rings. The van der Waals surface area contributed by atoms with Gasteiger partial charge in [-0.25, -0.2) is 0 Å². The first kappa shape index (κ1) is 10.4. The lowest BCUT2D eigenvalue weighted by molar-refractivity contribution is 0.452. The normalized spacial score (nSPS) is 18.0. The van der Waals surface area contributed by atoms with Crippen molar-refractivity contribution in [2.45, 2.75) is 34.6 Å². The summed E-state index contributed by atoms with van der Waals surface area (Å²) in [5.74, 6) is 0.610. The van der Waals surface area contributed by atoms with Gasteiger partial charge in [0.25, 0.3) is 0 Å². The van der Waals surface area contributed by atoms with E-state index in [1.807, 2.05) is 0 Å². The molecule has 0 amide bonds. The first-order valence-electron chi connectivity index (χ1n) is 5.08. The van der Waals surface area contributed by atoms with Crippen molar-refractivity contribution < 1.29 is 0 Å². The van der Waals surface area contributed by atoms with Gasteiger partial charge < -0.3 is 5.32 Å². The summed E-state index contributed by atoms with van der Waals surface area (Å²) in [5.41, 5.74) is 3.11. The van der Waals surface area contributed by atoms with Crippen molar-refractivity contribution in [2.75, 3.05) is 6.54 Å². The van der Waals surface area contributed by atoms with Crippen LogP contribution in [0.1, 0.15) is 34.6 Å². The summed E-state index contributed by atoms with van der Waals surface area (Å²) in [5, 5.41) is 3.48. The van der Waals surface area contributed by atoms with E-state index in [4.69, 9.17) is 0 Å². The molecular weight excluding hydrogens is 158 g/mol. The Balaban J connectivity index is 3.05. The molecule has 0 unspecified atom stereocenters. The zero-order valence-corrected chi connectivity index (χ0v) is 9.44. The van der Waals surface area contributed by atoms with Crippen LogP contribution >= 0.6 is 0 Å². The molecule has 0 fully saturated rings. The van der Waals surface area contributed by atoms with Crippen molar-refractivity contribution in [3.8, 4) is 0 Å². The minimum Gasteiger partial charge on any atom is -0.384 e. The predicted octanol–water partition coefficient (Wildman–Crippen LogP) is 3.10. The number of rotatable bonds is 1. The van der Waals surface area contributed by atoms with Crippen LogP contribution in [0, 0.1) is 11.3 Å². The Hall–Kier alpha value is -0.720. The molecule has 1 nitrogen and oxygen atoms in total. The molecule has 1 aliphatic rings. The molecule has 1 rings (SSSR count). The third kappa shape index (κ3) is 2.36. The van der Waals surface area contributed by atoms with Crippen LogP contribution in [-0.2, 0) is 0 Å². The smallest absolute Gasteiger partial charge is 0.0331 e. The average molecular weight is 179 g/mol. The second-order valence-electron chi connectivity index (χ2n) is 5.02. The summed E-state index contributed by atoms with van der Waals surface area (Å²) in [4.78, 5) is 0. The van der Waals surface area contributed by atoms with Gasteiger partial charge in [-0.1, -0.05) is 46.8 Å². The van der Waals surface area contributed by atoms with Gasteiger partial charge in [0.15, 0.2) is 0 Å². The van der Waals surface area contributed by atoms with Crippen LogP contribution < -0.4 is 5.32 Å². The molecule has 0 aromatic heterocycles. The maximum absolute atomic E-state index is 3.48. The van der Waals surface area contributed by atoms with Gasteiger partial charge in [0.1, 0.15) is 0 Å². The fourth-order valence-electron chi connectivity index (χ4n) is 1.71. The monoisotopic (exact) mass is 179 g/mol. The van der Waals surface area contributed by atoms with E-state index in [0.29, 0.717) is 5.92 Å². The molecule has 0 saturated heterocycles. The van der Waals surface area contributed by atoms with Crippen LogP contribution in [0.15, 0.2) is 23.4 Å². The van der Waals surface area contributed by atoms with Crippen LogP contribution in [0.3, 0.4) is 0 Å². The topological polar surface area (TPSA) is 12.0 Å².